The van der Waals surface area contributed by atoms with Gasteiger partial charge in [-0.05, 0) is 41.8 Å². The fourth-order valence-electron chi connectivity index (χ4n) is 2.58. The summed E-state index contributed by atoms with van der Waals surface area (Å²) in [6, 6.07) is 13.4. The van der Waals surface area contributed by atoms with Gasteiger partial charge in [-0.2, -0.15) is 0 Å². The summed E-state index contributed by atoms with van der Waals surface area (Å²) in [6.45, 7) is 0.143. The summed E-state index contributed by atoms with van der Waals surface area (Å²) in [5.41, 5.74) is -0.0479. The van der Waals surface area contributed by atoms with Crippen molar-refractivity contribution in [3.8, 4) is 5.75 Å². The lowest BCUT2D eigenvalue weighted by molar-refractivity contribution is 0.0597. The molecular formula is C20H18N2O6S2. The van der Waals surface area contributed by atoms with Crippen LogP contribution in [0.5, 0.6) is 5.75 Å². The second-order valence-corrected chi connectivity index (χ2v) is 8.88. The molecule has 1 amide bonds. The minimum atomic E-state index is -3.83. The van der Waals surface area contributed by atoms with Crippen LogP contribution in [-0.4, -0.2) is 32.5 Å². The highest BCUT2D eigenvalue weighted by molar-refractivity contribution is 7.89. The van der Waals surface area contributed by atoms with Crippen molar-refractivity contribution < 1.29 is 27.9 Å². The van der Waals surface area contributed by atoms with Gasteiger partial charge in [0.05, 0.1) is 17.7 Å². The average Bonchev–Trinajstić information content (AvgIpc) is 3.27. The highest BCUT2D eigenvalue weighted by atomic mass is 32.2. The van der Waals surface area contributed by atoms with Crippen molar-refractivity contribution in [2.45, 2.75) is 11.4 Å². The summed E-state index contributed by atoms with van der Waals surface area (Å²) in [4.78, 5) is 25.0. The molecule has 0 aliphatic carbocycles. The Bertz CT molecular complexity index is 1170. The third-order valence-electron chi connectivity index (χ3n) is 4.11. The van der Waals surface area contributed by atoms with Gasteiger partial charge in [0.1, 0.15) is 5.56 Å². The summed E-state index contributed by atoms with van der Waals surface area (Å²) in [5, 5.41) is 14.5. The predicted molar refractivity (Wildman–Crippen MR) is 112 cm³/mol. The average molecular weight is 447 g/mol. The van der Waals surface area contributed by atoms with Crippen LogP contribution in [0.3, 0.4) is 0 Å². The van der Waals surface area contributed by atoms with Gasteiger partial charge < -0.3 is 15.2 Å². The zero-order valence-electron chi connectivity index (χ0n) is 15.8. The van der Waals surface area contributed by atoms with Gasteiger partial charge in [-0.15, -0.1) is 11.3 Å². The molecule has 0 saturated carbocycles. The van der Waals surface area contributed by atoms with E-state index in [4.69, 9.17) is 0 Å². The van der Waals surface area contributed by atoms with Gasteiger partial charge in [-0.3, -0.25) is 4.79 Å². The fourth-order valence-corrected chi connectivity index (χ4v) is 4.37. The third-order valence-corrected chi connectivity index (χ3v) is 6.39. The highest BCUT2D eigenvalue weighted by Crippen LogP contribution is 2.28. The molecule has 1 aromatic heterocycles. The van der Waals surface area contributed by atoms with Gasteiger partial charge in [0.15, 0.2) is 5.75 Å². The molecule has 0 spiro atoms. The predicted octanol–water partition coefficient (Wildman–Crippen LogP) is 2.97. The Hall–Kier alpha value is -3.21. The number of nitrogens with one attached hydrogen (secondary N) is 2. The number of phenolic OH excluding ortho intramolecular Hbond substituents is 1. The Morgan fingerprint density at radius 1 is 1.10 bits per heavy atom. The number of aromatic hydroxyl groups is 1. The number of rotatable bonds is 7. The van der Waals surface area contributed by atoms with Crippen molar-refractivity contribution in [2.75, 3.05) is 12.4 Å². The highest BCUT2D eigenvalue weighted by Gasteiger charge is 2.19. The van der Waals surface area contributed by atoms with E-state index in [0.29, 0.717) is 0 Å². The van der Waals surface area contributed by atoms with Crippen LogP contribution < -0.4 is 10.0 Å². The van der Waals surface area contributed by atoms with Crippen LogP contribution in [-0.2, 0) is 21.3 Å². The maximum Gasteiger partial charge on any atom is 0.341 e. The summed E-state index contributed by atoms with van der Waals surface area (Å²) >= 11 is 1.43. The standard InChI is InChI=1S/C20H18N2O6S2/c1-28-20(25)16-8-3-9-17(18(16)23)22-19(24)13-5-2-7-15(11-13)30(26,27)21-12-14-6-4-10-29-14/h2-11,21,23H,12H2,1H3,(H,22,24). The number of thiophene rings is 1. The zero-order chi connectivity index (χ0) is 21.7. The van der Waals surface area contributed by atoms with E-state index < -0.39 is 27.6 Å². The van der Waals surface area contributed by atoms with Gasteiger partial charge in [0.25, 0.3) is 5.91 Å². The van der Waals surface area contributed by atoms with Gasteiger partial charge in [-0.1, -0.05) is 18.2 Å². The van der Waals surface area contributed by atoms with Crippen LogP contribution in [0, 0.1) is 0 Å². The first-order chi connectivity index (χ1) is 14.3. The number of hydrogen-bond acceptors (Lipinski definition) is 7. The Morgan fingerprint density at radius 3 is 2.57 bits per heavy atom. The van der Waals surface area contributed by atoms with Crippen LogP contribution in [0.2, 0.25) is 0 Å². The Kier molecular flexibility index (Phi) is 6.50. The van der Waals surface area contributed by atoms with Crippen molar-refractivity contribution in [2.24, 2.45) is 0 Å². The first-order valence-electron chi connectivity index (χ1n) is 8.65. The molecule has 1 heterocycles. The molecule has 0 bridgehead atoms. The van der Waals surface area contributed by atoms with Gasteiger partial charge in [-0.25, -0.2) is 17.9 Å². The molecule has 3 aromatic rings. The Morgan fingerprint density at radius 2 is 1.87 bits per heavy atom. The van der Waals surface area contributed by atoms with E-state index >= 15 is 0 Å². The number of sulfonamides is 1. The second kappa shape index (κ2) is 9.08. The number of ether oxygens (including phenoxy) is 1. The molecule has 0 aliphatic heterocycles. The fraction of sp³-hybridized carbons (Fsp3) is 0.100. The van der Waals surface area contributed by atoms with Crippen molar-refractivity contribution in [3.05, 3.63) is 76.0 Å². The second-order valence-electron chi connectivity index (χ2n) is 6.08. The van der Waals surface area contributed by atoms with Crippen molar-refractivity contribution in [1.29, 1.82) is 0 Å². The van der Waals surface area contributed by atoms with E-state index in [0.717, 1.165) is 4.88 Å². The number of para-hydroxylation sites is 1. The Labute approximate surface area is 177 Å². The van der Waals surface area contributed by atoms with Crippen LogP contribution in [0.25, 0.3) is 0 Å². The first kappa shape index (κ1) is 21.5. The van der Waals surface area contributed by atoms with E-state index in [-0.39, 0.29) is 28.3 Å². The molecule has 0 radical (unpaired) electrons. The topological polar surface area (TPSA) is 122 Å². The number of methoxy groups -OCH3 is 1. The van der Waals surface area contributed by atoms with Crippen LogP contribution >= 0.6 is 11.3 Å². The molecule has 30 heavy (non-hydrogen) atoms. The number of amides is 1. The number of esters is 1. The van der Waals surface area contributed by atoms with Gasteiger partial charge >= 0.3 is 5.97 Å². The molecule has 0 unspecified atom stereocenters. The number of anilines is 1. The lowest BCUT2D eigenvalue weighted by atomic mass is 10.1. The Balaban J connectivity index is 1.79. The quantitative estimate of drug-likeness (QED) is 0.379. The molecule has 0 saturated heterocycles. The molecular weight excluding hydrogens is 428 g/mol. The smallest absolute Gasteiger partial charge is 0.341 e. The van der Waals surface area contributed by atoms with Crippen molar-refractivity contribution >= 4 is 38.9 Å². The summed E-state index contributed by atoms with van der Waals surface area (Å²) in [7, 11) is -2.66. The summed E-state index contributed by atoms with van der Waals surface area (Å²) in [6.07, 6.45) is 0. The molecule has 10 heteroatoms. The molecule has 0 fully saturated rings. The molecule has 2 aromatic carbocycles. The minimum Gasteiger partial charge on any atom is -0.505 e. The summed E-state index contributed by atoms with van der Waals surface area (Å²) in [5.74, 6) is -1.85. The van der Waals surface area contributed by atoms with Crippen molar-refractivity contribution in [1.82, 2.24) is 4.72 Å². The zero-order valence-corrected chi connectivity index (χ0v) is 17.4. The first-order valence-corrected chi connectivity index (χ1v) is 11.0. The van der Waals surface area contributed by atoms with Crippen LogP contribution in [0.1, 0.15) is 25.6 Å². The summed E-state index contributed by atoms with van der Waals surface area (Å²) < 4.78 is 32.1. The number of phenols is 1. The molecule has 0 atom stereocenters. The van der Waals surface area contributed by atoms with E-state index in [1.54, 1.807) is 0 Å². The van der Waals surface area contributed by atoms with E-state index in [1.807, 2.05) is 17.5 Å². The molecule has 0 aliphatic rings. The van der Waals surface area contributed by atoms with E-state index in [2.05, 4.69) is 14.8 Å². The van der Waals surface area contributed by atoms with Gasteiger partial charge in [0.2, 0.25) is 10.0 Å². The monoisotopic (exact) mass is 446 g/mol. The number of carbonyl (C=O) groups is 2. The largest absolute Gasteiger partial charge is 0.505 e. The lowest BCUT2D eigenvalue weighted by Gasteiger charge is -2.11. The molecule has 8 nitrogen and oxygen atoms in total. The maximum absolute atomic E-state index is 12.6. The SMILES string of the molecule is COC(=O)c1cccc(NC(=O)c2cccc(S(=O)(=O)NCc3cccs3)c2)c1O. The van der Waals surface area contributed by atoms with Crippen LogP contribution in [0.4, 0.5) is 5.69 Å². The molecule has 3 rings (SSSR count). The lowest BCUT2D eigenvalue weighted by Crippen LogP contribution is -2.23. The van der Waals surface area contributed by atoms with E-state index in [1.165, 1.54) is 60.9 Å². The van der Waals surface area contributed by atoms with E-state index in [9.17, 15) is 23.1 Å². The maximum atomic E-state index is 12.6. The number of benzene rings is 2. The minimum absolute atomic E-state index is 0.00743. The normalized spacial score (nSPS) is 11.1. The van der Waals surface area contributed by atoms with Crippen molar-refractivity contribution in [3.63, 3.8) is 0 Å². The third kappa shape index (κ3) is 4.85. The molecule has 156 valence electrons. The number of carbonyl (C=O) groups excluding carboxylic acids is 2. The molecule has 3 N–H and O–H groups in total. The van der Waals surface area contributed by atoms with Gasteiger partial charge in [0, 0.05) is 17.0 Å². The number of hydrogen-bond donors (Lipinski definition) is 3. The van der Waals surface area contributed by atoms with Crippen LogP contribution in [0.15, 0.2) is 64.9 Å².